The van der Waals surface area contributed by atoms with Crippen molar-refractivity contribution in [1.29, 1.82) is 0 Å². The fourth-order valence-electron chi connectivity index (χ4n) is 2.08. The van der Waals surface area contributed by atoms with Crippen LogP contribution < -0.4 is 0 Å². The van der Waals surface area contributed by atoms with Crippen LogP contribution in [0, 0.1) is 0 Å². The molecule has 2 rings (SSSR count). The minimum atomic E-state index is -4.46. The van der Waals surface area contributed by atoms with E-state index in [1.807, 2.05) is 0 Å². The van der Waals surface area contributed by atoms with E-state index in [4.69, 9.17) is 0 Å². The smallest absolute Gasteiger partial charge is 0.332 e. The number of thiol groups is 1. The first kappa shape index (κ1) is 13.3. The van der Waals surface area contributed by atoms with E-state index in [9.17, 15) is 18.0 Å². The summed E-state index contributed by atoms with van der Waals surface area (Å²) in [5.41, 5.74) is -0.593. The average molecular weight is 275 g/mol. The van der Waals surface area contributed by atoms with Crippen molar-refractivity contribution < 1.29 is 18.0 Å². The first-order valence-corrected chi connectivity index (χ1v) is 5.90. The van der Waals surface area contributed by atoms with Gasteiger partial charge in [0.1, 0.15) is 0 Å². The molecule has 0 aromatic heterocycles. The molecule has 0 N–H and O–H groups in total. The molecule has 1 aromatic carbocycles. The Morgan fingerprint density at radius 1 is 1.33 bits per heavy atom. The van der Waals surface area contributed by atoms with Crippen LogP contribution >= 0.6 is 12.6 Å². The second kappa shape index (κ2) is 4.19. The van der Waals surface area contributed by atoms with Crippen molar-refractivity contribution >= 4 is 18.5 Å². The van der Waals surface area contributed by atoms with E-state index in [0.717, 1.165) is 6.07 Å². The summed E-state index contributed by atoms with van der Waals surface area (Å²) in [4.78, 5) is 13.6. The second-order valence-corrected chi connectivity index (χ2v) is 5.06. The molecular formula is C12H12F3NOS. The van der Waals surface area contributed by atoms with Gasteiger partial charge in [-0.1, -0.05) is 0 Å². The first-order valence-electron chi connectivity index (χ1n) is 5.46. The highest BCUT2D eigenvalue weighted by atomic mass is 32.1. The Labute approximate surface area is 108 Å². The fourth-order valence-corrected chi connectivity index (χ4v) is 2.34. The van der Waals surface area contributed by atoms with Crippen molar-refractivity contribution in [3.63, 3.8) is 0 Å². The van der Waals surface area contributed by atoms with E-state index >= 15 is 0 Å². The third-order valence-electron chi connectivity index (χ3n) is 2.98. The zero-order valence-electron chi connectivity index (χ0n) is 9.88. The van der Waals surface area contributed by atoms with Gasteiger partial charge in [0.05, 0.1) is 5.56 Å². The molecule has 0 aliphatic carbocycles. The first-order chi connectivity index (χ1) is 8.21. The molecule has 1 aliphatic rings. The van der Waals surface area contributed by atoms with E-state index in [1.54, 1.807) is 13.8 Å². The number of benzene rings is 1. The Kier molecular flexibility index (Phi) is 3.09. The highest BCUT2D eigenvalue weighted by Gasteiger charge is 2.40. The zero-order chi connectivity index (χ0) is 13.7. The van der Waals surface area contributed by atoms with Crippen LogP contribution in [0.3, 0.4) is 0 Å². The number of halogens is 3. The van der Waals surface area contributed by atoms with Gasteiger partial charge in [0.15, 0.2) is 0 Å². The topological polar surface area (TPSA) is 20.3 Å². The van der Waals surface area contributed by atoms with Crippen molar-refractivity contribution in [3.8, 4) is 0 Å². The Hall–Kier alpha value is -1.17. The SMILES string of the molecule is CC(C)N1Cc2c(cc(S)cc2C(F)(F)F)C1=O. The molecule has 0 unspecified atom stereocenters. The number of hydrogen-bond acceptors (Lipinski definition) is 2. The Bertz CT molecular complexity index is 511. The van der Waals surface area contributed by atoms with Crippen molar-refractivity contribution in [1.82, 2.24) is 4.90 Å². The summed E-state index contributed by atoms with van der Waals surface area (Å²) < 4.78 is 38.7. The van der Waals surface area contributed by atoms with E-state index in [-0.39, 0.29) is 34.5 Å². The molecule has 0 spiro atoms. The number of hydrogen-bond donors (Lipinski definition) is 1. The quantitative estimate of drug-likeness (QED) is 0.779. The van der Waals surface area contributed by atoms with E-state index in [1.165, 1.54) is 11.0 Å². The molecule has 0 saturated carbocycles. The third kappa shape index (κ3) is 2.09. The number of nitrogens with zero attached hydrogens (tertiary/aromatic N) is 1. The van der Waals surface area contributed by atoms with Crippen molar-refractivity contribution in [3.05, 3.63) is 28.8 Å². The Balaban J connectivity index is 2.59. The van der Waals surface area contributed by atoms with E-state index in [2.05, 4.69) is 12.6 Å². The number of carbonyl (C=O) groups is 1. The molecular weight excluding hydrogens is 263 g/mol. The van der Waals surface area contributed by atoms with Gasteiger partial charge in [-0.2, -0.15) is 13.2 Å². The van der Waals surface area contributed by atoms with Gasteiger partial charge in [0.2, 0.25) is 0 Å². The molecule has 1 aliphatic heterocycles. The summed E-state index contributed by atoms with van der Waals surface area (Å²) in [5, 5.41) is 0. The van der Waals surface area contributed by atoms with Gasteiger partial charge in [-0.15, -0.1) is 12.6 Å². The number of alkyl halides is 3. The molecule has 2 nitrogen and oxygen atoms in total. The summed E-state index contributed by atoms with van der Waals surface area (Å²) in [6, 6.07) is 2.24. The molecule has 0 bridgehead atoms. The van der Waals surface area contributed by atoms with E-state index in [0.29, 0.717) is 0 Å². The van der Waals surface area contributed by atoms with Crippen LogP contribution in [0.15, 0.2) is 17.0 Å². The lowest BCUT2D eigenvalue weighted by Gasteiger charge is -2.20. The predicted octanol–water partition coefficient (Wildman–Crippen LogP) is 3.36. The zero-order valence-corrected chi connectivity index (χ0v) is 10.8. The maximum atomic E-state index is 12.9. The maximum Gasteiger partial charge on any atom is 0.416 e. The average Bonchev–Trinajstić information content (AvgIpc) is 2.54. The second-order valence-electron chi connectivity index (χ2n) is 4.54. The van der Waals surface area contributed by atoms with E-state index < -0.39 is 11.7 Å². The van der Waals surface area contributed by atoms with Crippen LogP contribution in [0.2, 0.25) is 0 Å². The van der Waals surface area contributed by atoms with Gasteiger partial charge in [-0.25, -0.2) is 0 Å². The van der Waals surface area contributed by atoms with Gasteiger partial charge in [-0.3, -0.25) is 4.79 Å². The van der Waals surface area contributed by atoms with Crippen molar-refractivity contribution in [2.45, 2.75) is 37.5 Å². The maximum absolute atomic E-state index is 12.9. The van der Waals surface area contributed by atoms with Crippen LogP contribution in [0.4, 0.5) is 13.2 Å². The van der Waals surface area contributed by atoms with Gasteiger partial charge < -0.3 is 4.90 Å². The number of amides is 1. The Morgan fingerprint density at radius 2 is 1.94 bits per heavy atom. The lowest BCUT2D eigenvalue weighted by Crippen LogP contribution is -2.30. The number of fused-ring (bicyclic) bond motifs is 1. The minimum Gasteiger partial charge on any atom is -0.332 e. The molecule has 1 heterocycles. The standard InChI is InChI=1S/C12H12F3NOS/c1-6(2)16-5-9-8(11(16)17)3-7(18)4-10(9)12(13,14)15/h3-4,6,18H,5H2,1-2H3. The number of rotatable bonds is 1. The third-order valence-corrected chi connectivity index (χ3v) is 3.24. The predicted molar refractivity (Wildman–Crippen MR) is 63.7 cm³/mol. The molecule has 1 amide bonds. The molecule has 98 valence electrons. The highest BCUT2D eigenvalue weighted by Crippen LogP contribution is 2.39. The van der Waals surface area contributed by atoms with Crippen LogP contribution in [0.25, 0.3) is 0 Å². The monoisotopic (exact) mass is 275 g/mol. The van der Waals surface area contributed by atoms with Crippen LogP contribution in [0.5, 0.6) is 0 Å². The molecule has 0 atom stereocenters. The van der Waals surface area contributed by atoms with Gasteiger partial charge in [-0.05, 0) is 31.5 Å². The number of carbonyl (C=O) groups excluding carboxylic acids is 1. The highest BCUT2D eigenvalue weighted by molar-refractivity contribution is 7.80. The van der Waals surface area contributed by atoms with Crippen LogP contribution in [-0.2, 0) is 12.7 Å². The normalized spacial score (nSPS) is 15.5. The molecule has 0 saturated heterocycles. The van der Waals surface area contributed by atoms with Crippen molar-refractivity contribution in [2.75, 3.05) is 0 Å². The summed E-state index contributed by atoms with van der Waals surface area (Å²) in [5.74, 6) is -0.360. The largest absolute Gasteiger partial charge is 0.416 e. The molecule has 0 radical (unpaired) electrons. The molecule has 6 heteroatoms. The minimum absolute atomic E-state index is 0.00867. The summed E-state index contributed by atoms with van der Waals surface area (Å²) in [7, 11) is 0. The Morgan fingerprint density at radius 3 is 2.44 bits per heavy atom. The molecule has 1 aromatic rings. The summed E-state index contributed by atoms with van der Waals surface area (Å²) >= 11 is 3.94. The molecule has 0 fully saturated rings. The summed E-state index contributed by atoms with van der Waals surface area (Å²) in [6.07, 6.45) is -4.46. The van der Waals surface area contributed by atoms with Crippen LogP contribution in [0.1, 0.15) is 35.3 Å². The molecule has 18 heavy (non-hydrogen) atoms. The van der Waals surface area contributed by atoms with Crippen LogP contribution in [-0.4, -0.2) is 16.8 Å². The van der Waals surface area contributed by atoms with Crippen molar-refractivity contribution in [2.24, 2.45) is 0 Å². The summed E-state index contributed by atoms with van der Waals surface area (Å²) in [6.45, 7) is 3.56. The fraction of sp³-hybridized carbons (Fsp3) is 0.417. The van der Waals surface area contributed by atoms with Gasteiger partial charge in [0.25, 0.3) is 5.91 Å². The van der Waals surface area contributed by atoms with Gasteiger partial charge >= 0.3 is 6.18 Å². The lowest BCUT2D eigenvalue weighted by molar-refractivity contribution is -0.138. The van der Waals surface area contributed by atoms with Gasteiger partial charge in [0, 0.05) is 23.0 Å². The lowest BCUT2D eigenvalue weighted by atomic mass is 10.0.